The molecule has 0 saturated carbocycles. The predicted octanol–water partition coefficient (Wildman–Crippen LogP) is 3.03. The number of nitrogens with one attached hydrogen (secondary N) is 1. The molecule has 2 N–H and O–H groups in total. The van der Waals surface area contributed by atoms with Gasteiger partial charge in [0.2, 0.25) is 0 Å². The summed E-state index contributed by atoms with van der Waals surface area (Å²) in [6.07, 6.45) is 1.63. The van der Waals surface area contributed by atoms with Gasteiger partial charge in [-0.25, -0.2) is 0 Å². The lowest BCUT2D eigenvalue weighted by Gasteiger charge is -2.16. The van der Waals surface area contributed by atoms with Crippen LogP contribution in [0.1, 0.15) is 34.1 Å². The summed E-state index contributed by atoms with van der Waals surface area (Å²) in [6.45, 7) is 7.10. The van der Waals surface area contributed by atoms with Gasteiger partial charge in [-0.3, -0.25) is 0 Å². The number of aliphatic hydroxyl groups is 1. The van der Waals surface area contributed by atoms with Crippen molar-refractivity contribution < 1.29 is 9.52 Å². The van der Waals surface area contributed by atoms with E-state index in [-0.39, 0.29) is 12.6 Å². The highest BCUT2D eigenvalue weighted by Crippen LogP contribution is 2.18. The number of rotatable bonds is 5. The molecule has 1 aromatic carbocycles. The number of hydrogen-bond acceptors (Lipinski definition) is 3. The fraction of sp³-hybridized carbons (Fsp3) is 0.375. The van der Waals surface area contributed by atoms with Crippen LogP contribution in [-0.4, -0.2) is 11.7 Å². The van der Waals surface area contributed by atoms with Gasteiger partial charge in [-0.05, 0) is 55.2 Å². The van der Waals surface area contributed by atoms with Crippen LogP contribution in [-0.2, 0) is 6.54 Å². The second-order valence-corrected chi connectivity index (χ2v) is 4.99. The fourth-order valence-electron chi connectivity index (χ4n) is 2.19. The smallest absolute Gasteiger partial charge is 0.123 e. The average molecular weight is 259 g/mol. The van der Waals surface area contributed by atoms with Crippen molar-refractivity contribution in [3.05, 3.63) is 58.5 Å². The Morgan fingerprint density at radius 2 is 1.89 bits per heavy atom. The largest absolute Gasteiger partial charge is 0.468 e. The van der Waals surface area contributed by atoms with E-state index in [1.165, 1.54) is 22.3 Å². The Morgan fingerprint density at radius 3 is 2.53 bits per heavy atom. The van der Waals surface area contributed by atoms with Gasteiger partial charge in [0.25, 0.3) is 0 Å². The van der Waals surface area contributed by atoms with Crippen molar-refractivity contribution in [3.63, 3.8) is 0 Å². The summed E-state index contributed by atoms with van der Waals surface area (Å²) in [5.41, 5.74) is 5.13. The summed E-state index contributed by atoms with van der Waals surface area (Å²) in [5, 5.41) is 12.8. The van der Waals surface area contributed by atoms with E-state index < -0.39 is 0 Å². The molecule has 3 heteroatoms. The molecule has 0 aliphatic rings. The van der Waals surface area contributed by atoms with Crippen molar-refractivity contribution in [2.45, 2.75) is 33.4 Å². The first-order chi connectivity index (χ1) is 9.11. The lowest BCUT2D eigenvalue weighted by atomic mass is 10.0. The highest BCUT2D eigenvalue weighted by atomic mass is 16.3. The van der Waals surface area contributed by atoms with Crippen LogP contribution in [0.25, 0.3) is 0 Å². The Hall–Kier alpha value is -1.58. The van der Waals surface area contributed by atoms with Gasteiger partial charge >= 0.3 is 0 Å². The number of furan rings is 1. The molecule has 0 radical (unpaired) electrons. The van der Waals surface area contributed by atoms with Gasteiger partial charge in [0, 0.05) is 6.54 Å². The van der Waals surface area contributed by atoms with E-state index in [0.29, 0.717) is 0 Å². The van der Waals surface area contributed by atoms with E-state index in [1.807, 2.05) is 12.1 Å². The minimum atomic E-state index is -0.156. The standard InChI is InChI=1S/C16H21NO2/c1-11-7-13(3)14(8-12(11)2)9-17-15(10-18)16-5-4-6-19-16/h4-8,15,17-18H,9-10H2,1-3H3. The maximum absolute atomic E-state index is 9.42. The third-order valence-electron chi connectivity index (χ3n) is 3.56. The number of hydrogen-bond donors (Lipinski definition) is 2. The van der Waals surface area contributed by atoms with Crippen LogP contribution in [0, 0.1) is 20.8 Å². The van der Waals surface area contributed by atoms with Crippen LogP contribution in [0.2, 0.25) is 0 Å². The Kier molecular flexibility index (Phi) is 4.40. The molecule has 1 heterocycles. The average Bonchev–Trinajstić information content (AvgIpc) is 2.90. The SMILES string of the molecule is Cc1cc(C)c(CNC(CO)c2ccco2)cc1C. The van der Waals surface area contributed by atoms with Crippen molar-refractivity contribution >= 4 is 0 Å². The minimum Gasteiger partial charge on any atom is -0.468 e. The Morgan fingerprint density at radius 1 is 1.16 bits per heavy atom. The molecule has 1 unspecified atom stereocenters. The fourth-order valence-corrected chi connectivity index (χ4v) is 2.19. The molecule has 0 fully saturated rings. The number of aryl methyl sites for hydroxylation is 3. The first-order valence-electron chi connectivity index (χ1n) is 6.56. The second-order valence-electron chi connectivity index (χ2n) is 4.99. The topological polar surface area (TPSA) is 45.4 Å². The molecule has 102 valence electrons. The van der Waals surface area contributed by atoms with E-state index in [2.05, 4.69) is 38.2 Å². The first kappa shape index (κ1) is 13.8. The monoisotopic (exact) mass is 259 g/mol. The van der Waals surface area contributed by atoms with Gasteiger partial charge in [0.05, 0.1) is 18.9 Å². The van der Waals surface area contributed by atoms with Crippen molar-refractivity contribution in [2.75, 3.05) is 6.61 Å². The van der Waals surface area contributed by atoms with Crippen molar-refractivity contribution in [3.8, 4) is 0 Å². The van der Waals surface area contributed by atoms with Crippen LogP contribution in [0.15, 0.2) is 34.9 Å². The molecule has 2 rings (SSSR count). The quantitative estimate of drug-likeness (QED) is 0.867. The molecule has 0 aliphatic carbocycles. The van der Waals surface area contributed by atoms with Gasteiger partial charge in [0.15, 0.2) is 0 Å². The zero-order valence-electron chi connectivity index (χ0n) is 11.7. The molecule has 1 atom stereocenters. The predicted molar refractivity (Wildman–Crippen MR) is 76.0 cm³/mol. The summed E-state index contributed by atoms with van der Waals surface area (Å²) < 4.78 is 5.33. The molecule has 3 nitrogen and oxygen atoms in total. The molecular weight excluding hydrogens is 238 g/mol. The Balaban J connectivity index is 2.08. The summed E-state index contributed by atoms with van der Waals surface area (Å²) >= 11 is 0. The third-order valence-corrected chi connectivity index (χ3v) is 3.56. The highest BCUT2D eigenvalue weighted by Gasteiger charge is 2.13. The molecule has 2 aromatic rings. The molecule has 0 spiro atoms. The molecule has 1 aromatic heterocycles. The zero-order valence-corrected chi connectivity index (χ0v) is 11.7. The molecule has 19 heavy (non-hydrogen) atoms. The summed E-state index contributed by atoms with van der Waals surface area (Å²) in [5.74, 6) is 0.768. The van der Waals surface area contributed by atoms with Crippen LogP contribution < -0.4 is 5.32 Å². The molecular formula is C16H21NO2. The zero-order chi connectivity index (χ0) is 13.8. The van der Waals surface area contributed by atoms with Crippen LogP contribution in [0.4, 0.5) is 0 Å². The van der Waals surface area contributed by atoms with Crippen LogP contribution >= 0.6 is 0 Å². The summed E-state index contributed by atoms with van der Waals surface area (Å²) in [4.78, 5) is 0. The van der Waals surface area contributed by atoms with Crippen LogP contribution in [0.3, 0.4) is 0 Å². The summed E-state index contributed by atoms with van der Waals surface area (Å²) in [6, 6.07) is 7.96. The number of benzene rings is 1. The second kappa shape index (κ2) is 6.04. The third kappa shape index (κ3) is 3.25. The van der Waals surface area contributed by atoms with E-state index in [4.69, 9.17) is 4.42 Å². The normalized spacial score (nSPS) is 12.6. The van der Waals surface area contributed by atoms with Gasteiger partial charge < -0.3 is 14.8 Å². The van der Waals surface area contributed by atoms with Crippen molar-refractivity contribution in [1.82, 2.24) is 5.32 Å². The summed E-state index contributed by atoms with van der Waals surface area (Å²) in [7, 11) is 0. The van der Waals surface area contributed by atoms with E-state index in [1.54, 1.807) is 6.26 Å². The number of aliphatic hydroxyl groups excluding tert-OH is 1. The lowest BCUT2D eigenvalue weighted by Crippen LogP contribution is -2.24. The Bertz CT molecular complexity index is 532. The van der Waals surface area contributed by atoms with Gasteiger partial charge in [0.1, 0.15) is 5.76 Å². The van der Waals surface area contributed by atoms with Gasteiger partial charge in [-0.15, -0.1) is 0 Å². The van der Waals surface area contributed by atoms with Gasteiger partial charge in [-0.1, -0.05) is 12.1 Å². The van der Waals surface area contributed by atoms with Crippen LogP contribution in [0.5, 0.6) is 0 Å². The molecule has 0 amide bonds. The maximum atomic E-state index is 9.42. The molecule has 0 aliphatic heterocycles. The van der Waals surface area contributed by atoms with Crippen molar-refractivity contribution in [2.24, 2.45) is 0 Å². The Labute approximate surface area is 114 Å². The van der Waals surface area contributed by atoms with E-state index >= 15 is 0 Å². The van der Waals surface area contributed by atoms with Crippen molar-refractivity contribution in [1.29, 1.82) is 0 Å². The maximum Gasteiger partial charge on any atom is 0.123 e. The highest BCUT2D eigenvalue weighted by molar-refractivity contribution is 5.36. The lowest BCUT2D eigenvalue weighted by molar-refractivity contribution is 0.225. The minimum absolute atomic E-state index is 0.0252. The van der Waals surface area contributed by atoms with E-state index in [9.17, 15) is 5.11 Å². The first-order valence-corrected chi connectivity index (χ1v) is 6.56. The van der Waals surface area contributed by atoms with E-state index in [0.717, 1.165) is 12.3 Å². The van der Waals surface area contributed by atoms with Gasteiger partial charge in [-0.2, -0.15) is 0 Å². The molecule has 0 bridgehead atoms. The molecule has 0 saturated heterocycles.